The van der Waals surface area contributed by atoms with Gasteiger partial charge in [-0.1, -0.05) is 12.1 Å². The van der Waals surface area contributed by atoms with Crippen LogP contribution in [-0.4, -0.2) is 90.0 Å². The molecular formula is C24H27N3O12. The van der Waals surface area contributed by atoms with E-state index in [1.54, 1.807) is 6.92 Å². The number of aliphatic imine (C=N–C) groups is 1. The van der Waals surface area contributed by atoms with Gasteiger partial charge in [0.25, 0.3) is 10.8 Å². The van der Waals surface area contributed by atoms with Crippen LogP contribution in [0.3, 0.4) is 0 Å². The molecule has 0 amide bonds. The van der Waals surface area contributed by atoms with Crippen LogP contribution in [0.25, 0.3) is 0 Å². The van der Waals surface area contributed by atoms with Crippen LogP contribution < -0.4 is 0 Å². The van der Waals surface area contributed by atoms with Crippen LogP contribution >= 0.6 is 0 Å². The summed E-state index contributed by atoms with van der Waals surface area (Å²) in [5.74, 6) is -3.92. The van der Waals surface area contributed by atoms with Gasteiger partial charge in [-0.05, 0) is 19.4 Å². The summed E-state index contributed by atoms with van der Waals surface area (Å²) < 4.78 is 21.3. The third kappa shape index (κ3) is 5.25. The highest BCUT2D eigenvalue weighted by Gasteiger charge is 2.62. The fourth-order valence-corrected chi connectivity index (χ4v) is 5.27. The molecule has 0 aliphatic carbocycles. The number of fused-ring (bicyclic) bond motifs is 1. The summed E-state index contributed by atoms with van der Waals surface area (Å²) in [5, 5.41) is 32.9. The van der Waals surface area contributed by atoms with E-state index in [1.165, 1.54) is 38.3 Å². The van der Waals surface area contributed by atoms with Gasteiger partial charge in [-0.15, -0.1) is 10.1 Å². The van der Waals surface area contributed by atoms with Crippen molar-refractivity contribution in [1.82, 2.24) is 0 Å². The third-order valence-electron chi connectivity index (χ3n) is 6.98. The number of carbonyl (C=O) groups excluding carboxylic acids is 2. The molecule has 3 aliphatic rings. The van der Waals surface area contributed by atoms with E-state index in [0.717, 1.165) is 0 Å². The van der Waals surface area contributed by atoms with Gasteiger partial charge in [-0.25, -0.2) is 0 Å². The zero-order valence-corrected chi connectivity index (χ0v) is 21.3. The highest BCUT2D eigenvalue weighted by atomic mass is 17.0. The minimum Gasteiger partial charge on any atom is -0.463 e. The number of nitro groups is 1. The van der Waals surface area contributed by atoms with E-state index >= 15 is 0 Å². The van der Waals surface area contributed by atoms with Gasteiger partial charge in [0, 0.05) is 42.1 Å². The van der Waals surface area contributed by atoms with E-state index in [-0.39, 0.29) is 42.3 Å². The number of nitrogens with zero attached hydrogens (tertiary/aromatic N) is 3. The maximum absolute atomic E-state index is 14.1. The SMILES string of the molecule is COCCOC(=O)C1C(C)=NC(C)=C(C(=O)[C@]2(O)CO[C@@H]3[C@H](O[N+](=O)[O-])CO[C@@H]32)C1c1cccc([N+](=O)[O-])c1. The van der Waals surface area contributed by atoms with Gasteiger partial charge in [-0.2, -0.15) is 0 Å². The summed E-state index contributed by atoms with van der Waals surface area (Å²) in [7, 11) is 1.43. The van der Waals surface area contributed by atoms with Crippen LogP contribution in [0.1, 0.15) is 25.3 Å². The average molecular weight is 549 g/mol. The zero-order valence-electron chi connectivity index (χ0n) is 21.3. The molecule has 1 aromatic carbocycles. The molecule has 3 heterocycles. The van der Waals surface area contributed by atoms with Gasteiger partial charge in [0.15, 0.2) is 17.5 Å². The van der Waals surface area contributed by atoms with Crippen LogP contribution in [0.4, 0.5) is 5.69 Å². The Hall–Kier alpha value is -3.79. The van der Waals surface area contributed by atoms with Gasteiger partial charge in [0.2, 0.25) is 0 Å². The lowest BCUT2D eigenvalue weighted by Crippen LogP contribution is -2.53. The number of esters is 1. The van der Waals surface area contributed by atoms with E-state index in [1.807, 2.05) is 0 Å². The minimum atomic E-state index is -2.31. The largest absolute Gasteiger partial charge is 0.463 e. The van der Waals surface area contributed by atoms with Gasteiger partial charge < -0.3 is 28.9 Å². The first kappa shape index (κ1) is 28.2. The van der Waals surface area contributed by atoms with Crippen LogP contribution in [0.15, 0.2) is 40.5 Å². The maximum atomic E-state index is 14.1. The second-order valence-electron chi connectivity index (χ2n) is 9.37. The zero-order chi connectivity index (χ0) is 28.5. The second-order valence-corrected chi connectivity index (χ2v) is 9.37. The van der Waals surface area contributed by atoms with Crippen molar-refractivity contribution in [1.29, 1.82) is 0 Å². The lowest BCUT2D eigenvalue weighted by Gasteiger charge is -2.35. The Kier molecular flexibility index (Phi) is 8.06. The molecule has 210 valence electrons. The Balaban J connectivity index is 1.77. The van der Waals surface area contributed by atoms with E-state index < -0.39 is 64.1 Å². The molecule has 0 aromatic heterocycles. The first-order chi connectivity index (χ1) is 18.5. The molecule has 1 N–H and O–H groups in total. The molecule has 2 unspecified atom stereocenters. The Morgan fingerprint density at radius 2 is 1.95 bits per heavy atom. The number of carbonyl (C=O) groups is 2. The van der Waals surface area contributed by atoms with Crippen molar-refractivity contribution in [3.63, 3.8) is 0 Å². The third-order valence-corrected chi connectivity index (χ3v) is 6.98. The number of non-ortho nitro benzene ring substituents is 1. The van der Waals surface area contributed by atoms with Crippen LogP contribution in [-0.2, 0) is 33.4 Å². The quantitative estimate of drug-likeness (QED) is 0.187. The topological polar surface area (TPSA) is 199 Å². The summed E-state index contributed by atoms with van der Waals surface area (Å²) in [6, 6.07) is 5.45. The van der Waals surface area contributed by atoms with Crippen molar-refractivity contribution in [2.24, 2.45) is 10.9 Å². The van der Waals surface area contributed by atoms with Crippen LogP contribution in [0.5, 0.6) is 0 Å². The number of methoxy groups -OCH3 is 1. The lowest BCUT2D eigenvalue weighted by molar-refractivity contribution is -0.769. The number of ether oxygens (including phenoxy) is 4. The first-order valence-corrected chi connectivity index (χ1v) is 12.0. The molecule has 3 aliphatic heterocycles. The van der Waals surface area contributed by atoms with E-state index in [2.05, 4.69) is 9.83 Å². The summed E-state index contributed by atoms with van der Waals surface area (Å²) >= 11 is 0. The normalized spacial score (nSPS) is 29.9. The van der Waals surface area contributed by atoms with Gasteiger partial charge in [0.05, 0.1) is 24.7 Å². The molecule has 2 fully saturated rings. The van der Waals surface area contributed by atoms with E-state index in [4.69, 9.17) is 18.9 Å². The number of benzene rings is 1. The smallest absolute Gasteiger partial charge is 0.315 e. The van der Waals surface area contributed by atoms with Crippen molar-refractivity contribution >= 4 is 23.2 Å². The average Bonchev–Trinajstić information content (AvgIpc) is 3.44. The summed E-state index contributed by atoms with van der Waals surface area (Å²) in [6.07, 6.45) is -3.57. The van der Waals surface area contributed by atoms with Crippen molar-refractivity contribution in [2.75, 3.05) is 33.5 Å². The van der Waals surface area contributed by atoms with Crippen molar-refractivity contribution < 1.29 is 48.5 Å². The molecule has 39 heavy (non-hydrogen) atoms. The fourth-order valence-electron chi connectivity index (χ4n) is 5.27. The Bertz CT molecular complexity index is 1250. The van der Waals surface area contributed by atoms with E-state index in [9.17, 15) is 34.9 Å². The predicted octanol–water partition coefficient (Wildman–Crippen LogP) is 0.907. The molecule has 1 aromatic rings. The van der Waals surface area contributed by atoms with Gasteiger partial charge >= 0.3 is 5.97 Å². The lowest BCUT2D eigenvalue weighted by atomic mass is 9.71. The summed E-state index contributed by atoms with van der Waals surface area (Å²) in [4.78, 5) is 58.1. The number of nitro benzene ring substituents is 1. The molecule has 4 rings (SSSR count). The first-order valence-electron chi connectivity index (χ1n) is 12.0. The number of hydrogen-bond acceptors (Lipinski definition) is 13. The van der Waals surface area contributed by atoms with Gasteiger partial charge in [0.1, 0.15) is 24.7 Å². The minimum absolute atomic E-state index is 0.0834. The molecule has 0 spiro atoms. The number of allylic oxidation sites excluding steroid dienone is 1. The van der Waals surface area contributed by atoms with Crippen molar-refractivity contribution in [3.8, 4) is 0 Å². The maximum Gasteiger partial charge on any atom is 0.315 e. The predicted molar refractivity (Wildman–Crippen MR) is 129 cm³/mol. The molecule has 0 bridgehead atoms. The molecule has 0 radical (unpaired) electrons. The van der Waals surface area contributed by atoms with Crippen molar-refractivity contribution in [3.05, 3.63) is 61.3 Å². The van der Waals surface area contributed by atoms with E-state index in [0.29, 0.717) is 5.71 Å². The van der Waals surface area contributed by atoms with Gasteiger partial charge in [-0.3, -0.25) is 24.7 Å². The van der Waals surface area contributed by atoms with Crippen molar-refractivity contribution in [2.45, 2.75) is 43.7 Å². The number of rotatable bonds is 10. The molecular weight excluding hydrogens is 522 g/mol. The molecule has 6 atom stereocenters. The number of ketones is 1. The monoisotopic (exact) mass is 549 g/mol. The fraction of sp³-hybridized carbons (Fsp3) is 0.542. The number of Topliss-reactive ketones (excluding diaryl/α,β-unsaturated/α-hetero) is 1. The standard InChI is InChI=1S/C24H27N3O12/c1-12-17(21(28)24(30)11-38-20-16(39-27(33)34)10-37-22(20)24)19(14-5-4-6-15(9-14)26(31)32)18(13(2)25-12)23(29)36-8-7-35-3/h4-6,9,16,18-20,22,30H,7-8,10-11H2,1-3H3/t16-,18?,19?,20-,22+,24-/m1/s1. The van der Waals surface area contributed by atoms with Crippen LogP contribution in [0.2, 0.25) is 0 Å². The second kappa shape index (κ2) is 11.1. The molecule has 15 nitrogen and oxygen atoms in total. The molecule has 2 saturated heterocycles. The number of hydrogen-bond donors (Lipinski definition) is 1. The molecule has 0 saturated carbocycles. The summed E-state index contributed by atoms with van der Waals surface area (Å²) in [6.45, 7) is 2.24. The summed E-state index contributed by atoms with van der Waals surface area (Å²) in [5.41, 5.74) is -1.96. The molecule has 15 heteroatoms. The Labute approximate surface area is 221 Å². The Morgan fingerprint density at radius 1 is 1.21 bits per heavy atom. The van der Waals surface area contributed by atoms with Crippen LogP contribution in [0, 0.1) is 26.1 Å². The Morgan fingerprint density at radius 3 is 2.62 bits per heavy atom. The highest BCUT2D eigenvalue weighted by molar-refractivity contribution is 6.11. The highest BCUT2D eigenvalue weighted by Crippen LogP contribution is 2.45. The number of aliphatic hydroxyl groups is 1.